The molecule has 0 spiro atoms. The van der Waals surface area contributed by atoms with Crippen LogP contribution in [0.1, 0.15) is 6.92 Å². The van der Waals surface area contributed by atoms with Gasteiger partial charge in [0.15, 0.2) is 5.06 Å². The molecule has 1 N–H and O–H groups in total. The highest BCUT2D eigenvalue weighted by atomic mass is 32.1. The Balaban J connectivity index is 2.01. The number of ether oxygens (including phenoxy) is 2. The Hall–Kier alpha value is -0.810. The molecule has 1 aliphatic rings. The molecule has 4 nitrogen and oxygen atoms in total. The number of aromatic nitrogens is 1. The summed E-state index contributed by atoms with van der Waals surface area (Å²) in [4.78, 5) is 4.03. The van der Waals surface area contributed by atoms with Crippen LogP contribution in [0.3, 0.4) is 0 Å². The molecule has 0 radical (unpaired) electrons. The summed E-state index contributed by atoms with van der Waals surface area (Å²) in [5.41, 5.74) is -0.0580. The van der Waals surface area contributed by atoms with E-state index in [1.165, 1.54) is 11.3 Å². The Kier molecular flexibility index (Phi) is 2.13. The Morgan fingerprint density at radius 1 is 1.62 bits per heavy atom. The van der Waals surface area contributed by atoms with Crippen molar-refractivity contribution in [1.82, 2.24) is 10.3 Å². The molecule has 1 aromatic rings. The van der Waals surface area contributed by atoms with Crippen molar-refractivity contribution in [3.63, 3.8) is 0 Å². The van der Waals surface area contributed by atoms with Crippen LogP contribution in [-0.2, 0) is 0 Å². The second-order valence-electron chi connectivity index (χ2n) is 3.30. The molecule has 0 bridgehead atoms. The van der Waals surface area contributed by atoms with Crippen molar-refractivity contribution in [2.45, 2.75) is 12.5 Å². The summed E-state index contributed by atoms with van der Waals surface area (Å²) >= 11 is 1.43. The first-order valence-electron chi connectivity index (χ1n) is 4.11. The number of hydrogen-bond donors (Lipinski definition) is 1. The maximum absolute atomic E-state index is 5.73. The lowest BCUT2D eigenvalue weighted by molar-refractivity contribution is 0.0384. The van der Waals surface area contributed by atoms with Crippen molar-refractivity contribution in [1.29, 1.82) is 0 Å². The van der Waals surface area contributed by atoms with E-state index >= 15 is 0 Å². The van der Waals surface area contributed by atoms with Gasteiger partial charge in [-0.15, -0.1) is 0 Å². The highest BCUT2D eigenvalue weighted by Crippen LogP contribution is 2.31. The molecule has 1 aromatic heterocycles. The minimum absolute atomic E-state index is 0.0580. The Morgan fingerprint density at radius 2 is 2.38 bits per heavy atom. The molecule has 1 saturated heterocycles. The molecule has 72 valence electrons. The van der Waals surface area contributed by atoms with Crippen molar-refractivity contribution in [3.8, 4) is 10.3 Å². The lowest BCUT2D eigenvalue weighted by atomic mass is 10.0. The highest BCUT2D eigenvalue weighted by molar-refractivity contribution is 7.15. The quantitative estimate of drug-likeness (QED) is 0.787. The van der Waals surface area contributed by atoms with E-state index in [1.54, 1.807) is 13.3 Å². The molecule has 2 heterocycles. The first kappa shape index (κ1) is 8.77. The maximum Gasteiger partial charge on any atom is 0.276 e. The number of thiazole rings is 1. The molecule has 0 aromatic carbocycles. The van der Waals surface area contributed by atoms with Gasteiger partial charge in [-0.3, -0.25) is 0 Å². The zero-order valence-electron chi connectivity index (χ0n) is 7.66. The molecule has 0 aliphatic carbocycles. The van der Waals surface area contributed by atoms with Gasteiger partial charge in [0.1, 0.15) is 5.60 Å². The van der Waals surface area contributed by atoms with Crippen LogP contribution in [0.2, 0.25) is 0 Å². The van der Waals surface area contributed by atoms with Crippen LogP contribution < -0.4 is 14.8 Å². The molecule has 5 heteroatoms. The number of methoxy groups -OCH3 is 1. The smallest absolute Gasteiger partial charge is 0.276 e. The van der Waals surface area contributed by atoms with Crippen molar-refractivity contribution in [3.05, 3.63) is 6.20 Å². The third kappa shape index (κ3) is 1.76. The summed E-state index contributed by atoms with van der Waals surface area (Å²) in [7, 11) is 1.61. The molecule has 1 aliphatic heterocycles. The molecule has 1 fully saturated rings. The van der Waals surface area contributed by atoms with Crippen molar-refractivity contribution >= 4 is 11.3 Å². The van der Waals surface area contributed by atoms with Crippen LogP contribution in [0.25, 0.3) is 0 Å². The predicted molar refractivity (Wildman–Crippen MR) is 50.6 cm³/mol. The number of nitrogens with one attached hydrogen (secondary N) is 1. The van der Waals surface area contributed by atoms with Crippen LogP contribution in [0.5, 0.6) is 10.3 Å². The first-order valence-corrected chi connectivity index (χ1v) is 4.93. The Bertz CT molecular complexity index is 296. The van der Waals surface area contributed by atoms with Gasteiger partial charge in [0.2, 0.25) is 0 Å². The molecule has 0 saturated carbocycles. The van der Waals surface area contributed by atoms with Gasteiger partial charge in [-0.25, -0.2) is 4.98 Å². The number of nitrogens with zero attached hydrogens (tertiary/aromatic N) is 1. The Morgan fingerprint density at radius 3 is 2.85 bits per heavy atom. The van der Waals surface area contributed by atoms with Crippen molar-refractivity contribution in [2.75, 3.05) is 20.2 Å². The van der Waals surface area contributed by atoms with Gasteiger partial charge in [0.05, 0.1) is 13.3 Å². The summed E-state index contributed by atoms with van der Waals surface area (Å²) in [5.74, 6) is 0. The third-order valence-electron chi connectivity index (χ3n) is 1.98. The van der Waals surface area contributed by atoms with Gasteiger partial charge in [0.25, 0.3) is 5.19 Å². The summed E-state index contributed by atoms with van der Waals surface area (Å²) in [6.07, 6.45) is 1.70. The first-order chi connectivity index (χ1) is 6.22. The van der Waals surface area contributed by atoms with E-state index in [2.05, 4.69) is 17.2 Å². The van der Waals surface area contributed by atoms with Gasteiger partial charge in [0, 0.05) is 13.1 Å². The molecular weight excluding hydrogens is 188 g/mol. The summed E-state index contributed by atoms with van der Waals surface area (Å²) in [6, 6.07) is 0. The van der Waals surface area contributed by atoms with Gasteiger partial charge in [-0.05, 0) is 18.3 Å². The fourth-order valence-corrected chi connectivity index (χ4v) is 1.89. The van der Waals surface area contributed by atoms with Crippen molar-refractivity contribution in [2.24, 2.45) is 0 Å². The summed E-state index contributed by atoms with van der Waals surface area (Å²) in [6.45, 7) is 3.87. The summed E-state index contributed by atoms with van der Waals surface area (Å²) < 4.78 is 10.7. The van der Waals surface area contributed by atoms with E-state index in [9.17, 15) is 0 Å². The summed E-state index contributed by atoms with van der Waals surface area (Å²) in [5, 5.41) is 4.64. The second-order valence-corrected chi connectivity index (χ2v) is 4.26. The monoisotopic (exact) mass is 200 g/mol. The minimum Gasteiger partial charge on any atom is -0.474 e. The van der Waals surface area contributed by atoms with E-state index in [4.69, 9.17) is 9.47 Å². The van der Waals surface area contributed by atoms with Crippen LogP contribution in [-0.4, -0.2) is 30.8 Å². The average molecular weight is 200 g/mol. The third-order valence-corrected chi connectivity index (χ3v) is 2.82. The number of rotatable bonds is 3. The van der Waals surface area contributed by atoms with Gasteiger partial charge >= 0.3 is 0 Å². The van der Waals surface area contributed by atoms with Crippen LogP contribution in [0, 0.1) is 0 Å². The lowest BCUT2D eigenvalue weighted by Gasteiger charge is -2.38. The number of hydrogen-bond acceptors (Lipinski definition) is 5. The highest BCUT2D eigenvalue weighted by Gasteiger charge is 2.34. The van der Waals surface area contributed by atoms with Crippen LogP contribution >= 0.6 is 11.3 Å². The normalized spacial score (nSPS) is 19.2. The largest absolute Gasteiger partial charge is 0.474 e. The predicted octanol–water partition coefficient (Wildman–Crippen LogP) is 0.892. The molecule has 13 heavy (non-hydrogen) atoms. The van der Waals surface area contributed by atoms with Crippen molar-refractivity contribution < 1.29 is 9.47 Å². The van der Waals surface area contributed by atoms with E-state index in [0.717, 1.165) is 18.2 Å². The van der Waals surface area contributed by atoms with Crippen LogP contribution in [0.4, 0.5) is 0 Å². The topological polar surface area (TPSA) is 43.4 Å². The SMILES string of the molecule is COc1ncc(OC2(C)CNC2)s1. The lowest BCUT2D eigenvalue weighted by Crippen LogP contribution is -2.60. The minimum atomic E-state index is -0.0580. The maximum atomic E-state index is 5.73. The zero-order valence-corrected chi connectivity index (χ0v) is 8.48. The Labute approximate surface area is 80.9 Å². The van der Waals surface area contributed by atoms with E-state index in [0.29, 0.717) is 5.19 Å². The second kappa shape index (κ2) is 3.16. The van der Waals surface area contributed by atoms with E-state index in [1.807, 2.05) is 0 Å². The zero-order chi connectivity index (χ0) is 9.31. The standard InChI is InChI=1S/C8H12N2O2S/c1-8(4-9-5-8)12-6-3-10-7(11-2)13-6/h3,9H,4-5H2,1-2H3. The van der Waals surface area contributed by atoms with E-state index in [-0.39, 0.29) is 5.60 Å². The molecular formula is C8H12N2O2S. The fourth-order valence-electron chi connectivity index (χ4n) is 1.18. The molecule has 2 rings (SSSR count). The van der Waals surface area contributed by atoms with E-state index < -0.39 is 0 Å². The fraction of sp³-hybridized carbons (Fsp3) is 0.625. The molecule has 0 amide bonds. The average Bonchev–Trinajstić information content (AvgIpc) is 2.49. The van der Waals surface area contributed by atoms with Crippen LogP contribution in [0.15, 0.2) is 6.20 Å². The molecule has 0 atom stereocenters. The van der Waals surface area contributed by atoms with Gasteiger partial charge in [-0.1, -0.05) is 0 Å². The van der Waals surface area contributed by atoms with Gasteiger partial charge in [-0.2, -0.15) is 0 Å². The van der Waals surface area contributed by atoms with Gasteiger partial charge < -0.3 is 14.8 Å². The molecule has 0 unspecified atom stereocenters.